The molecule has 2 N–H and O–H groups in total. The Kier molecular flexibility index (Phi) is 3.80. The van der Waals surface area contributed by atoms with Gasteiger partial charge in [-0.2, -0.15) is 0 Å². The largest absolute Gasteiger partial charge is 0.326 e. The predicted molar refractivity (Wildman–Crippen MR) is 88.6 cm³/mol. The van der Waals surface area contributed by atoms with Gasteiger partial charge in [0.2, 0.25) is 5.91 Å². The zero-order chi connectivity index (χ0) is 16.4. The Labute approximate surface area is 133 Å². The van der Waals surface area contributed by atoms with Gasteiger partial charge in [-0.25, -0.2) is 4.98 Å². The van der Waals surface area contributed by atoms with Gasteiger partial charge in [0.15, 0.2) is 0 Å². The van der Waals surface area contributed by atoms with Gasteiger partial charge in [-0.3, -0.25) is 9.59 Å². The second kappa shape index (κ2) is 5.92. The number of carbonyl (C=O) groups is 2. The van der Waals surface area contributed by atoms with Crippen molar-refractivity contribution in [1.29, 1.82) is 0 Å². The highest BCUT2D eigenvalue weighted by atomic mass is 16.2. The van der Waals surface area contributed by atoms with E-state index in [1.54, 1.807) is 24.3 Å². The molecule has 0 aliphatic carbocycles. The molecule has 116 valence electrons. The van der Waals surface area contributed by atoms with Gasteiger partial charge in [-0.05, 0) is 43.3 Å². The summed E-state index contributed by atoms with van der Waals surface area (Å²) in [6.45, 7) is 3.36. The van der Waals surface area contributed by atoms with Gasteiger partial charge >= 0.3 is 0 Å². The van der Waals surface area contributed by atoms with Crippen molar-refractivity contribution < 1.29 is 9.59 Å². The lowest BCUT2D eigenvalue weighted by atomic mass is 10.2. The maximum atomic E-state index is 12.3. The number of amides is 2. The normalized spacial score (nSPS) is 10.5. The Morgan fingerprint density at radius 3 is 2.35 bits per heavy atom. The second-order valence-electron chi connectivity index (χ2n) is 5.28. The molecule has 2 aromatic heterocycles. The van der Waals surface area contributed by atoms with E-state index in [0.717, 1.165) is 11.3 Å². The van der Waals surface area contributed by atoms with Gasteiger partial charge in [0.25, 0.3) is 5.91 Å². The van der Waals surface area contributed by atoms with Crippen molar-refractivity contribution in [3.63, 3.8) is 0 Å². The lowest BCUT2D eigenvalue weighted by molar-refractivity contribution is -0.114. The molecule has 6 nitrogen and oxygen atoms in total. The number of aromatic nitrogens is 2. The van der Waals surface area contributed by atoms with E-state index in [-0.39, 0.29) is 11.8 Å². The van der Waals surface area contributed by atoms with Crippen molar-refractivity contribution >= 4 is 28.8 Å². The zero-order valence-corrected chi connectivity index (χ0v) is 12.8. The van der Waals surface area contributed by atoms with Crippen LogP contribution in [0.3, 0.4) is 0 Å². The zero-order valence-electron chi connectivity index (χ0n) is 12.8. The topological polar surface area (TPSA) is 75.5 Å². The molecule has 0 aliphatic heterocycles. The molecule has 6 heteroatoms. The highest BCUT2D eigenvalue weighted by Gasteiger charge is 2.07. The number of hydrogen-bond donors (Lipinski definition) is 2. The highest BCUT2D eigenvalue weighted by Crippen LogP contribution is 2.14. The molecule has 0 aliphatic rings. The number of nitrogens with zero attached hydrogens (tertiary/aromatic N) is 2. The van der Waals surface area contributed by atoms with Gasteiger partial charge < -0.3 is 15.0 Å². The van der Waals surface area contributed by atoms with Crippen LogP contribution in [0.15, 0.2) is 48.8 Å². The SMILES string of the molecule is CC(=O)Nc1ccc(C(=O)Nc2ccc3nc(C)cn3c2)cc1. The first-order chi connectivity index (χ1) is 11.0. The van der Waals surface area contributed by atoms with Crippen LogP contribution in [0.25, 0.3) is 5.65 Å². The van der Waals surface area contributed by atoms with Crippen LogP contribution in [0.1, 0.15) is 23.0 Å². The molecule has 2 amide bonds. The first kappa shape index (κ1) is 14.8. The maximum absolute atomic E-state index is 12.3. The molecule has 0 saturated carbocycles. The average molecular weight is 308 g/mol. The molecule has 3 rings (SSSR count). The summed E-state index contributed by atoms with van der Waals surface area (Å²) in [5.41, 5.74) is 3.61. The lowest BCUT2D eigenvalue weighted by Crippen LogP contribution is -2.12. The molecule has 1 aromatic carbocycles. The number of benzene rings is 1. The van der Waals surface area contributed by atoms with Crippen molar-refractivity contribution in [2.24, 2.45) is 0 Å². The van der Waals surface area contributed by atoms with Crippen molar-refractivity contribution in [3.8, 4) is 0 Å². The van der Waals surface area contributed by atoms with Gasteiger partial charge in [-0.15, -0.1) is 0 Å². The van der Waals surface area contributed by atoms with Crippen LogP contribution in [0, 0.1) is 6.92 Å². The molecule has 0 radical (unpaired) electrons. The van der Waals surface area contributed by atoms with E-state index in [4.69, 9.17) is 0 Å². The predicted octanol–water partition coefficient (Wildman–Crippen LogP) is 2.85. The molecule has 3 aromatic rings. The number of imidazole rings is 1. The van der Waals surface area contributed by atoms with E-state index >= 15 is 0 Å². The first-order valence-corrected chi connectivity index (χ1v) is 7.15. The Morgan fingerprint density at radius 1 is 0.957 bits per heavy atom. The van der Waals surface area contributed by atoms with E-state index < -0.39 is 0 Å². The summed E-state index contributed by atoms with van der Waals surface area (Å²) in [5, 5.41) is 5.51. The van der Waals surface area contributed by atoms with Crippen LogP contribution in [-0.2, 0) is 4.79 Å². The van der Waals surface area contributed by atoms with E-state index in [9.17, 15) is 9.59 Å². The monoisotopic (exact) mass is 308 g/mol. The summed E-state index contributed by atoms with van der Waals surface area (Å²) >= 11 is 0. The lowest BCUT2D eigenvalue weighted by Gasteiger charge is -2.07. The Hall–Kier alpha value is -3.15. The van der Waals surface area contributed by atoms with Crippen LogP contribution in [0.4, 0.5) is 11.4 Å². The van der Waals surface area contributed by atoms with Crippen molar-refractivity contribution in [2.75, 3.05) is 10.6 Å². The van der Waals surface area contributed by atoms with Crippen molar-refractivity contribution in [2.45, 2.75) is 13.8 Å². The summed E-state index contributed by atoms with van der Waals surface area (Å²) in [6, 6.07) is 10.4. The van der Waals surface area contributed by atoms with E-state index in [1.165, 1.54) is 6.92 Å². The summed E-state index contributed by atoms with van der Waals surface area (Å²) in [6.07, 6.45) is 3.71. The fourth-order valence-corrected chi connectivity index (χ4v) is 2.30. The third-order valence-electron chi connectivity index (χ3n) is 3.30. The van der Waals surface area contributed by atoms with Crippen LogP contribution < -0.4 is 10.6 Å². The minimum absolute atomic E-state index is 0.147. The molecule has 2 heterocycles. The van der Waals surface area contributed by atoms with E-state index in [1.807, 2.05) is 35.9 Å². The minimum atomic E-state index is -0.212. The number of fused-ring (bicyclic) bond motifs is 1. The van der Waals surface area contributed by atoms with Gasteiger partial charge in [0.05, 0.1) is 11.4 Å². The molecular weight excluding hydrogens is 292 g/mol. The molecule has 0 spiro atoms. The molecule has 0 atom stereocenters. The molecule has 0 fully saturated rings. The highest BCUT2D eigenvalue weighted by molar-refractivity contribution is 6.04. The summed E-state index contributed by atoms with van der Waals surface area (Å²) in [5.74, 6) is -0.360. The third kappa shape index (κ3) is 3.37. The van der Waals surface area contributed by atoms with Crippen LogP contribution in [-0.4, -0.2) is 21.2 Å². The third-order valence-corrected chi connectivity index (χ3v) is 3.30. The number of hydrogen-bond acceptors (Lipinski definition) is 3. The average Bonchev–Trinajstić information content (AvgIpc) is 2.86. The number of pyridine rings is 1. The van der Waals surface area contributed by atoms with Gasteiger partial charge in [0, 0.05) is 30.6 Å². The number of nitrogens with one attached hydrogen (secondary N) is 2. The molecule has 0 bridgehead atoms. The van der Waals surface area contributed by atoms with Crippen LogP contribution in [0.5, 0.6) is 0 Å². The Balaban J connectivity index is 1.75. The molecular formula is C17H16N4O2. The number of carbonyl (C=O) groups excluding carboxylic acids is 2. The smallest absolute Gasteiger partial charge is 0.255 e. The number of aryl methyl sites for hydroxylation is 1. The minimum Gasteiger partial charge on any atom is -0.326 e. The summed E-state index contributed by atoms with van der Waals surface area (Å²) in [4.78, 5) is 27.6. The fourth-order valence-electron chi connectivity index (χ4n) is 2.30. The van der Waals surface area contributed by atoms with Crippen LogP contribution in [0.2, 0.25) is 0 Å². The van der Waals surface area contributed by atoms with Crippen molar-refractivity contribution in [3.05, 3.63) is 60.0 Å². The quantitative estimate of drug-likeness (QED) is 0.781. The Bertz CT molecular complexity index is 881. The second-order valence-corrected chi connectivity index (χ2v) is 5.28. The van der Waals surface area contributed by atoms with Gasteiger partial charge in [-0.1, -0.05) is 0 Å². The fraction of sp³-hybridized carbons (Fsp3) is 0.118. The molecule has 23 heavy (non-hydrogen) atoms. The van der Waals surface area contributed by atoms with Crippen LogP contribution >= 0.6 is 0 Å². The number of anilines is 2. The first-order valence-electron chi connectivity index (χ1n) is 7.15. The van der Waals surface area contributed by atoms with Gasteiger partial charge in [0.1, 0.15) is 5.65 Å². The summed E-state index contributed by atoms with van der Waals surface area (Å²) < 4.78 is 1.87. The standard InChI is InChI=1S/C17H16N4O2/c1-11-9-21-10-15(7-8-16(21)18-11)20-17(23)13-3-5-14(6-4-13)19-12(2)22/h3-10H,1-2H3,(H,19,22)(H,20,23). The Morgan fingerprint density at radius 2 is 1.65 bits per heavy atom. The molecule has 0 saturated heterocycles. The van der Waals surface area contributed by atoms with E-state index in [0.29, 0.717) is 16.9 Å². The maximum Gasteiger partial charge on any atom is 0.255 e. The molecule has 0 unspecified atom stereocenters. The summed E-state index contributed by atoms with van der Waals surface area (Å²) in [7, 11) is 0. The number of rotatable bonds is 3. The van der Waals surface area contributed by atoms with E-state index in [2.05, 4.69) is 15.6 Å². The van der Waals surface area contributed by atoms with Crippen molar-refractivity contribution in [1.82, 2.24) is 9.38 Å².